The molecule has 1 aromatic heterocycles. The lowest BCUT2D eigenvalue weighted by Crippen LogP contribution is -2.20. The number of ether oxygens (including phenoxy) is 1. The summed E-state index contributed by atoms with van der Waals surface area (Å²) in [5.41, 5.74) is 4.71. The summed E-state index contributed by atoms with van der Waals surface area (Å²) in [5, 5.41) is 0.325. The average Bonchev–Trinajstić information content (AvgIpc) is 3.22. The molecule has 174 valence electrons. The molecule has 3 aromatic rings. The molecule has 0 aliphatic rings. The average molecular weight is 515 g/mol. The van der Waals surface area contributed by atoms with Crippen LogP contribution in [-0.4, -0.2) is 33.7 Å². The van der Waals surface area contributed by atoms with Gasteiger partial charge < -0.3 is 10.5 Å². The minimum absolute atomic E-state index is 0.0547. The molecule has 2 aromatic carbocycles. The van der Waals surface area contributed by atoms with Crippen LogP contribution in [0, 0.1) is 0 Å². The van der Waals surface area contributed by atoms with Crippen molar-refractivity contribution in [3.05, 3.63) is 76.3 Å². The summed E-state index contributed by atoms with van der Waals surface area (Å²) in [4.78, 5) is 5.49. The van der Waals surface area contributed by atoms with E-state index in [9.17, 15) is 21.6 Å². The maximum atomic E-state index is 13.2. The van der Waals surface area contributed by atoms with E-state index in [0.29, 0.717) is 26.1 Å². The lowest BCUT2D eigenvalue weighted by atomic mass is 10.2. The molecule has 0 spiro atoms. The number of nitrogens with two attached hydrogens (primary N) is 1. The summed E-state index contributed by atoms with van der Waals surface area (Å²) >= 11 is 7.16. The zero-order valence-electron chi connectivity index (χ0n) is 17.4. The highest BCUT2D eigenvalue weighted by Gasteiger charge is 2.32. The van der Waals surface area contributed by atoms with Crippen molar-refractivity contribution < 1.29 is 26.3 Å². The largest absolute Gasteiger partial charge is 0.494 e. The van der Waals surface area contributed by atoms with Crippen molar-refractivity contribution in [3.63, 3.8) is 0 Å². The molecule has 33 heavy (non-hydrogen) atoms. The molecule has 0 atom stereocenters. The molecule has 0 saturated heterocycles. The van der Waals surface area contributed by atoms with Gasteiger partial charge in [0.15, 0.2) is 9.84 Å². The molecule has 11 heteroatoms. The minimum atomic E-state index is -4.75. The predicted molar refractivity (Wildman–Crippen MR) is 125 cm³/mol. The number of rotatable bonds is 6. The third-order valence-electron chi connectivity index (χ3n) is 4.41. The van der Waals surface area contributed by atoms with E-state index in [4.69, 9.17) is 22.1 Å². The van der Waals surface area contributed by atoms with E-state index in [1.807, 2.05) is 0 Å². The quantitative estimate of drug-likeness (QED) is 0.409. The molecule has 0 bridgehead atoms. The first-order valence-corrected chi connectivity index (χ1v) is 12.3. The summed E-state index contributed by atoms with van der Waals surface area (Å²) in [7, 11) is -2.02. The normalized spacial score (nSPS) is 13.3. The zero-order valence-corrected chi connectivity index (χ0v) is 19.7. The Morgan fingerprint density at radius 1 is 1.15 bits per heavy atom. The lowest BCUT2D eigenvalue weighted by molar-refractivity contribution is -0.0925. The van der Waals surface area contributed by atoms with E-state index in [1.165, 1.54) is 25.3 Å². The smallest absolute Gasteiger partial charge is 0.430 e. The molecule has 0 fully saturated rings. The van der Waals surface area contributed by atoms with Gasteiger partial charge in [-0.25, -0.2) is 13.4 Å². The Kier molecular flexibility index (Phi) is 7.20. The fraction of sp³-hybridized carbons (Fsp3) is 0.136. The van der Waals surface area contributed by atoms with Crippen molar-refractivity contribution in [3.8, 4) is 16.2 Å². The summed E-state index contributed by atoms with van der Waals surface area (Å²) in [5.74, 6) is 0.313. The molecule has 2 N–H and O–H groups in total. The molecule has 0 unspecified atom stereocenters. The van der Waals surface area contributed by atoms with Gasteiger partial charge in [0.2, 0.25) is 0 Å². The van der Waals surface area contributed by atoms with Crippen LogP contribution in [0.5, 0.6) is 5.75 Å². The van der Waals surface area contributed by atoms with Crippen molar-refractivity contribution >= 4 is 44.2 Å². The number of alkyl halides is 3. The molecule has 5 nitrogen and oxygen atoms in total. The standard InChI is InChI=1S/C22H18ClF3N2O3S2/c1-31-18-7-6-14(23)11-16(18)28-17(12-21(27)22(24,25)26)20-9-8-19(32-20)13-4-3-5-15(10-13)33(2,29)30/h3-12H,27H2,1-2H3/b21-12-,28-17?. The highest BCUT2D eigenvalue weighted by atomic mass is 35.5. The number of methoxy groups -OCH3 is 1. The highest BCUT2D eigenvalue weighted by molar-refractivity contribution is 7.90. The van der Waals surface area contributed by atoms with Gasteiger partial charge >= 0.3 is 6.18 Å². The molecular formula is C22H18ClF3N2O3S2. The number of halogens is 4. The van der Waals surface area contributed by atoms with Gasteiger partial charge in [0, 0.05) is 16.2 Å². The number of thiophene rings is 1. The van der Waals surface area contributed by atoms with Crippen molar-refractivity contribution in [1.29, 1.82) is 0 Å². The van der Waals surface area contributed by atoms with Crippen LogP contribution in [0.4, 0.5) is 18.9 Å². The second-order valence-corrected chi connectivity index (χ2v) is 10.4. The molecule has 0 aliphatic heterocycles. The number of nitrogens with zero attached hydrogens (tertiary/aromatic N) is 1. The molecule has 0 aliphatic carbocycles. The fourth-order valence-corrected chi connectivity index (χ4v) is 4.57. The van der Waals surface area contributed by atoms with E-state index in [0.717, 1.165) is 23.7 Å². The van der Waals surface area contributed by atoms with Crippen LogP contribution in [-0.2, 0) is 9.84 Å². The van der Waals surface area contributed by atoms with E-state index in [-0.39, 0.29) is 16.3 Å². The second kappa shape index (κ2) is 9.58. The van der Waals surface area contributed by atoms with Gasteiger partial charge in [-0.15, -0.1) is 11.3 Å². The maximum absolute atomic E-state index is 13.2. The topological polar surface area (TPSA) is 81.8 Å². The van der Waals surface area contributed by atoms with Gasteiger partial charge in [0.25, 0.3) is 0 Å². The fourth-order valence-electron chi connectivity index (χ4n) is 2.78. The van der Waals surface area contributed by atoms with Crippen LogP contribution < -0.4 is 10.5 Å². The number of hydrogen-bond acceptors (Lipinski definition) is 6. The first kappa shape index (κ1) is 24.8. The third-order valence-corrected chi connectivity index (χ3v) is 6.91. The Labute approximate surface area is 197 Å². The van der Waals surface area contributed by atoms with E-state index < -0.39 is 21.7 Å². The Hall–Kier alpha value is -2.82. The molecule has 0 amide bonds. The lowest BCUT2D eigenvalue weighted by Gasteiger charge is -2.09. The van der Waals surface area contributed by atoms with Gasteiger partial charge in [-0.3, -0.25) is 0 Å². The van der Waals surface area contributed by atoms with Crippen molar-refractivity contribution in [1.82, 2.24) is 0 Å². The Bertz CT molecular complexity index is 1350. The zero-order chi connectivity index (χ0) is 24.4. The van der Waals surface area contributed by atoms with Gasteiger partial charge in [-0.05, 0) is 54.1 Å². The van der Waals surface area contributed by atoms with Gasteiger partial charge in [-0.2, -0.15) is 13.2 Å². The number of sulfone groups is 1. The molecule has 0 saturated carbocycles. The predicted octanol–water partition coefficient (Wildman–Crippen LogP) is 6.01. The summed E-state index contributed by atoms with van der Waals surface area (Å²) in [6, 6.07) is 14.1. The first-order valence-electron chi connectivity index (χ1n) is 9.26. The van der Waals surface area contributed by atoms with Gasteiger partial charge in [-0.1, -0.05) is 23.7 Å². The Morgan fingerprint density at radius 3 is 2.52 bits per heavy atom. The van der Waals surface area contributed by atoms with Gasteiger partial charge in [0.1, 0.15) is 17.1 Å². The van der Waals surface area contributed by atoms with Crippen molar-refractivity contribution in [2.24, 2.45) is 10.7 Å². The van der Waals surface area contributed by atoms with Crippen LogP contribution in [0.15, 0.2) is 76.3 Å². The SMILES string of the molecule is COc1ccc(Cl)cc1N=C(/C=C(\N)C(F)(F)F)c1ccc(-c2cccc(S(C)(=O)=O)c2)s1. The first-order chi connectivity index (χ1) is 15.4. The Balaban J connectivity index is 2.14. The third kappa shape index (κ3) is 6.16. The van der Waals surface area contributed by atoms with Crippen LogP contribution >= 0.6 is 22.9 Å². The summed E-state index contributed by atoms with van der Waals surface area (Å²) in [6.45, 7) is 0. The van der Waals surface area contributed by atoms with Crippen LogP contribution in [0.3, 0.4) is 0 Å². The van der Waals surface area contributed by atoms with E-state index >= 15 is 0 Å². The second-order valence-electron chi connectivity index (χ2n) is 6.87. The molecule has 3 rings (SSSR count). The van der Waals surface area contributed by atoms with E-state index in [2.05, 4.69) is 4.99 Å². The molecular weight excluding hydrogens is 497 g/mol. The Morgan fingerprint density at radius 2 is 1.88 bits per heavy atom. The van der Waals surface area contributed by atoms with Gasteiger partial charge in [0.05, 0.1) is 22.6 Å². The molecule has 0 radical (unpaired) electrons. The number of hydrogen-bond donors (Lipinski definition) is 1. The van der Waals surface area contributed by atoms with Crippen LogP contribution in [0.2, 0.25) is 5.02 Å². The van der Waals surface area contributed by atoms with E-state index in [1.54, 1.807) is 36.4 Å². The number of allylic oxidation sites excluding steroid dienone is 2. The number of benzene rings is 2. The summed E-state index contributed by atoms with van der Waals surface area (Å²) in [6.07, 6.45) is -2.91. The minimum Gasteiger partial charge on any atom is -0.494 e. The van der Waals surface area contributed by atoms with Crippen LogP contribution in [0.1, 0.15) is 4.88 Å². The highest BCUT2D eigenvalue weighted by Crippen LogP contribution is 2.35. The van der Waals surface area contributed by atoms with Crippen LogP contribution in [0.25, 0.3) is 10.4 Å². The monoisotopic (exact) mass is 514 g/mol. The van der Waals surface area contributed by atoms with Crippen molar-refractivity contribution in [2.75, 3.05) is 13.4 Å². The molecule has 1 heterocycles. The maximum Gasteiger partial charge on any atom is 0.430 e. The summed E-state index contributed by atoms with van der Waals surface area (Å²) < 4.78 is 68.4. The van der Waals surface area contributed by atoms with Crippen molar-refractivity contribution in [2.45, 2.75) is 11.1 Å². The number of aliphatic imine (C=N–C) groups is 1.